The van der Waals surface area contributed by atoms with E-state index in [0.29, 0.717) is 16.6 Å². The topological polar surface area (TPSA) is 50.2 Å². The summed E-state index contributed by atoms with van der Waals surface area (Å²) in [7, 11) is 0. The lowest BCUT2D eigenvalue weighted by Crippen LogP contribution is -2.00. The molecule has 3 nitrogen and oxygen atoms in total. The number of carbonyl (C=O) groups is 1. The summed E-state index contributed by atoms with van der Waals surface area (Å²) in [5, 5.41) is 10.0. The number of benzene rings is 2. The molecule has 1 N–H and O–H groups in total. The predicted octanol–water partition coefficient (Wildman–Crippen LogP) is 4.36. The Morgan fingerprint density at radius 3 is 2.50 bits per heavy atom. The van der Waals surface area contributed by atoms with E-state index in [1.54, 1.807) is 12.1 Å². The number of aromatic carboxylic acids is 1. The second-order valence-corrected chi connectivity index (χ2v) is 5.21. The van der Waals surface area contributed by atoms with E-state index >= 15 is 0 Å². The Kier molecular flexibility index (Phi) is 3.24. The summed E-state index contributed by atoms with van der Waals surface area (Å²) in [5.74, 6) is -0.947. The van der Waals surface area contributed by atoms with Gasteiger partial charge in [0.2, 0.25) is 0 Å². The van der Waals surface area contributed by atoms with Gasteiger partial charge in [-0.3, -0.25) is 0 Å². The third-order valence-electron chi connectivity index (χ3n) is 3.10. The summed E-state index contributed by atoms with van der Waals surface area (Å²) in [6, 6.07) is 16.5. The van der Waals surface area contributed by atoms with Crippen LogP contribution in [-0.4, -0.2) is 16.1 Å². The lowest BCUT2D eigenvalue weighted by Gasteiger charge is -2.08. The van der Waals surface area contributed by atoms with Crippen LogP contribution in [0.4, 0.5) is 0 Å². The van der Waals surface area contributed by atoms with Gasteiger partial charge < -0.3 is 5.11 Å². The molecule has 0 aliphatic carbocycles. The first-order valence-electron chi connectivity index (χ1n) is 6.05. The van der Waals surface area contributed by atoms with Crippen LogP contribution in [0.1, 0.15) is 10.4 Å². The van der Waals surface area contributed by atoms with Gasteiger partial charge in [0.15, 0.2) is 0 Å². The van der Waals surface area contributed by atoms with E-state index in [0.717, 1.165) is 10.0 Å². The monoisotopic (exact) mass is 327 g/mol. The molecule has 0 aliphatic rings. The minimum Gasteiger partial charge on any atom is -0.478 e. The third-order valence-corrected chi connectivity index (χ3v) is 3.79. The number of hydrogen-bond donors (Lipinski definition) is 1. The summed E-state index contributed by atoms with van der Waals surface area (Å²) in [5.41, 5.74) is 2.47. The molecule has 3 aromatic rings. The van der Waals surface area contributed by atoms with Gasteiger partial charge in [-0.15, -0.1) is 0 Å². The summed E-state index contributed by atoms with van der Waals surface area (Å²) in [4.78, 5) is 16.0. The van der Waals surface area contributed by atoms with Crippen LogP contribution in [0.25, 0.3) is 22.2 Å². The van der Waals surface area contributed by atoms with Gasteiger partial charge >= 0.3 is 5.97 Å². The Balaban J connectivity index is 2.33. The first kappa shape index (κ1) is 12.8. The lowest BCUT2D eigenvalue weighted by atomic mass is 10.0. The normalized spacial score (nSPS) is 10.7. The van der Waals surface area contributed by atoms with Crippen molar-refractivity contribution in [3.63, 3.8) is 0 Å². The molecule has 4 heteroatoms. The van der Waals surface area contributed by atoms with Crippen molar-refractivity contribution in [3.05, 3.63) is 64.6 Å². The van der Waals surface area contributed by atoms with Crippen molar-refractivity contribution in [1.82, 2.24) is 4.98 Å². The van der Waals surface area contributed by atoms with Gasteiger partial charge in [0.1, 0.15) is 0 Å². The maximum Gasteiger partial charge on any atom is 0.336 e. The number of pyridine rings is 1. The van der Waals surface area contributed by atoms with Crippen LogP contribution in [0.2, 0.25) is 0 Å². The predicted molar refractivity (Wildman–Crippen MR) is 81.8 cm³/mol. The minimum absolute atomic E-state index is 0.265. The molecule has 2 aromatic carbocycles. The molecule has 0 radical (unpaired) electrons. The van der Waals surface area contributed by atoms with Crippen molar-refractivity contribution < 1.29 is 9.90 Å². The fraction of sp³-hybridized carbons (Fsp3) is 0. The SMILES string of the molecule is O=C(O)c1cc(-c2ccccc2Br)nc2ccccc12. The molecule has 0 saturated carbocycles. The van der Waals surface area contributed by atoms with E-state index < -0.39 is 5.97 Å². The van der Waals surface area contributed by atoms with Crippen LogP contribution in [-0.2, 0) is 0 Å². The zero-order valence-electron chi connectivity index (χ0n) is 10.4. The summed E-state index contributed by atoms with van der Waals surface area (Å²) in [6.07, 6.45) is 0. The molecular formula is C16H10BrNO2. The highest BCUT2D eigenvalue weighted by Crippen LogP contribution is 2.29. The minimum atomic E-state index is -0.947. The number of nitrogens with zero attached hydrogens (tertiary/aromatic N) is 1. The molecule has 98 valence electrons. The Morgan fingerprint density at radius 1 is 1.05 bits per heavy atom. The summed E-state index contributed by atoms with van der Waals surface area (Å²) >= 11 is 3.47. The molecule has 0 aliphatic heterocycles. The number of carboxylic acids is 1. The largest absolute Gasteiger partial charge is 0.478 e. The summed E-state index contributed by atoms with van der Waals surface area (Å²) in [6.45, 7) is 0. The van der Waals surface area contributed by atoms with Crippen molar-refractivity contribution in [3.8, 4) is 11.3 Å². The molecule has 0 spiro atoms. The van der Waals surface area contributed by atoms with E-state index in [2.05, 4.69) is 20.9 Å². The highest BCUT2D eigenvalue weighted by Gasteiger charge is 2.13. The highest BCUT2D eigenvalue weighted by molar-refractivity contribution is 9.10. The van der Waals surface area contributed by atoms with E-state index in [1.807, 2.05) is 42.5 Å². The smallest absolute Gasteiger partial charge is 0.336 e. The number of para-hydroxylation sites is 1. The van der Waals surface area contributed by atoms with Crippen molar-refractivity contribution >= 4 is 32.8 Å². The molecule has 0 unspecified atom stereocenters. The number of fused-ring (bicyclic) bond motifs is 1. The number of halogens is 1. The van der Waals surface area contributed by atoms with Gasteiger partial charge in [-0.25, -0.2) is 9.78 Å². The Labute approximate surface area is 124 Å². The molecule has 0 saturated heterocycles. The third kappa shape index (κ3) is 2.18. The lowest BCUT2D eigenvalue weighted by molar-refractivity contribution is 0.0699. The maximum absolute atomic E-state index is 11.4. The van der Waals surface area contributed by atoms with Crippen LogP contribution in [0.15, 0.2) is 59.1 Å². The molecule has 0 fully saturated rings. The number of aromatic nitrogens is 1. The van der Waals surface area contributed by atoms with Crippen LogP contribution in [0, 0.1) is 0 Å². The van der Waals surface area contributed by atoms with Gasteiger partial charge in [0.25, 0.3) is 0 Å². The van der Waals surface area contributed by atoms with Gasteiger partial charge in [0.05, 0.1) is 16.8 Å². The van der Waals surface area contributed by atoms with Crippen LogP contribution < -0.4 is 0 Å². The summed E-state index contributed by atoms with van der Waals surface area (Å²) < 4.78 is 0.888. The Bertz CT molecular complexity index is 814. The first-order chi connectivity index (χ1) is 9.66. The average molecular weight is 328 g/mol. The van der Waals surface area contributed by atoms with Gasteiger partial charge in [-0.2, -0.15) is 0 Å². The van der Waals surface area contributed by atoms with E-state index in [-0.39, 0.29) is 5.56 Å². The van der Waals surface area contributed by atoms with Crippen molar-refractivity contribution in [2.45, 2.75) is 0 Å². The highest BCUT2D eigenvalue weighted by atomic mass is 79.9. The van der Waals surface area contributed by atoms with Gasteiger partial charge in [0, 0.05) is 15.4 Å². The van der Waals surface area contributed by atoms with E-state index in [1.165, 1.54) is 0 Å². The van der Waals surface area contributed by atoms with E-state index in [9.17, 15) is 9.90 Å². The van der Waals surface area contributed by atoms with E-state index in [4.69, 9.17) is 0 Å². The van der Waals surface area contributed by atoms with Crippen molar-refractivity contribution in [2.24, 2.45) is 0 Å². The zero-order valence-corrected chi connectivity index (χ0v) is 12.0. The average Bonchev–Trinajstić information content (AvgIpc) is 2.46. The zero-order chi connectivity index (χ0) is 14.1. The van der Waals surface area contributed by atoms with Gasteiger partial charge in [-0.05, 0) is 18.2 Å². The second kappa shape index (κ2) is 5.06. The fourth-order valence-corrected chi connectivity index (χ4v) is 2.65. The fourth-order valence-electron chi connectivity index (χ4n) is 2.16. The first-order valence-corrected chi connectivity index (χ1v) is 6.84. The molecule has 0 amide bonds. The number of carboxylic acid groups (broad SMARTS) is 1. The van der Waals surface area contributed by atoms with Crippen LogP contribution in [0.3, 0.4) is 0 Å². The second-order valence-electron chi connectivity index (χ2n) is 4.36. The quantitative estimate of drug-likeness (QED) is 0.760. The van der Waals surface area contributed by atoms with Crippen molar-refractivity contribution in [1.29, 1.82) is 0 Å². The molecule has 0 atom stereocenters. The molecule has 3 rings (SSSR count). The molecule has 0 bridgehead atoms. The maximum atomic E-state index is 11.4. The van der Waals surface area contributed by atoms with Gasteiger partial charge in [-0.1, -0.05) is 52.3 Å². The molecule has 1 aromatic heterocycles. The molecular weight excluding hydrogens is 318 g/mol. The Hall–Kier alpha value is -2.20. The van der Waals surface area contributed by atoms with Crippen LogP contribution >= 0.6 is 15.9 Å². The standard InChI is InChI=1S/C16H10BrNO2/c17-13-7-3-1-6-11(13)15-9-12(16(19)20)10-5-2-4-8-14(10)18-15/h1-9H,(H,19,20). The molecule has 1 heterocycles. The van der Waals surface area contributed by atoms with Crippen LogP contribution in [0.5, 0.6) is 0 Å². The number of rotatable bonds is 2. The number of hydrogen-bond acceptors (Lipinski definition) is 2. The molecule has 20 heavy (non-hydrogen) atoms. The van der Waals surface area contributed by atoms with Crippen molar-refractivity contribution in [2.75, 3.05) is 0 Å². The Morgan fingerprint density at radius 2 is 1.75 bits per heavy atom.